The van der Waals surface area contributed by atoms with Crippen molar-refractivity contribution in [1.29, 1.82) is 0 Å². The number of benzene rings is 1. The van der Waals surface area contributed by atoms with Crippen LogP contribution in [0.15, 0.2) is 42.7 Å². The first kappa shape index (κ1) is 17.9. The number of hydrogen-bond donors (Lipinski definition) is 0. The van der Waals surface area contributed by atoms with E-state index in [4.69, 9.17) is 0 Å². The molecular weight excluding hydrogens is 379 g/mol. The molecule has 0 aliphatic heterocycles. The van der Waals surface area contributed by atoms with Crippen LogP contribution in [0.1, 0.15) is 43.4 Å². The first-order chi connectivity index (χ1) is 14.0. The summed E-state index contributed by atoms with van der Waals surface area (Å²) < 4.78 is 44.8. The maximum absolute atomic E-state index is 14.1. The molecule has 1 saturated carbocycles. The monoisotopic (exact) mass is 397 g/mol. The minimum absolute atomic E-state index is 0.0792. The maximum Gasteiger partial charge on any atom is 0.264 e. The van der Waals surface area contributed by atoms with Crippen molar-refractivity contribution in [2.75, 3.05) is 0 Å². The fraction of sp³-hybridized carbons (Fsp3) is 0.286. The number of aryl methyl sites for hydroxylation is 1. The zero-order valence-corrected chi connectivity index (χ0v) is 15.7. The van der Waals surface area contributed by atoms with Gasteiger partial charge in [0, 0.05) is 29.8 Å². The Morgan fingerprint density at radius 3 is 2.55 bits per heavy atom. The van der Waals surface area contributed by atoms with Crippen LogP contribution in [0.5, 0.6) is 0 Å². The van der Waals surface area contributed by atoms with E-state index < -0.39 is 6.43 Å². The van der Waals surface area contributed by atoms with Crippen molar-refractivity contribution in [3.63, 3.8) is 0 Å². The van der Waals surface area contributed by atoms with Crippen LogP contribution >= 0.6 is 0 Å². The Morgan fingerprint density at radius 1 is 1.17 bits per heavy atom. The van der Waals surface area contributed by atoms with Gasteiger partial charge in [-0.3, -0.25) is 4.68 Å². The molecule has 5 nitrogen and oxygen atoms in total. The largest absolute Gasteiger partial charge is 0.272 e. The van der Waals surface area contributed by atoms with E-state index >= 15 is 0 Å². The van der Waals surface area contributed by atoms with Crippen LogP contribution in [0, 0.1) is 5.82 Å². The summed E-state index contributed by atoms with van der Waals surface area (Å²) in [6.45, 7) is 2.62. The van der Waals surface area contributed by atoms with Crippen molar-refractivity contribution in [3.05, 3.63) is 59.8 Å². The van der Waals surface area contributed by atoms with Crippen LogP contribution in [0.2, 0.25) is 0 Å². The van der Waals surface area contributed by atoms with Gasteiger partial charge >= 0.3 is 0 Å². The minimum atomic E-state index is -2.66. The molecule has 0 N–H and O–H groups in total. The third kappa shape index (κ3) is 3.08. The van der Waals surface area contributed by atoms with Crippen molar-refractivity contribution in [2.24, 2.45) is 0 Å². The van der Waals surface area contributed by atoms with Gasteiger partial charge in [0.15, 0.2) is 5.65 Å². The van der Waals surface area contributed by atoms with Gasteiger partial charge in [-0.15, -0.1) is 0 Å². The third-order valence-corrected chi connectivity index (χ3v) is 5.22. The van der Waals surface area contributed by atoms with Gasteiger partial charge in [0.2, 0.25) is 0 Å². The molecule has 1 aliphatic rings. The number of fused-ring (bicyclic) bond motifs is 1. The third-order valence-electron chi connectivity index (χ3n) is 5.22. The number of alkyl halides is 2. The van der Waals surface area contributed by atoms with Crippen LogP contribution in [0.4, 0.5) is 13.2 Å². The summed E-state index contributed by atoms with van der Waals surface area (Å²) in [5, 5.41) is 9.25. The van der Waals surface area contributed by atoms with Crippen molar-refractivity contribution < 1.29 is 13.2 Å². The molecule has 0 atom stereocenters. The smallest absolute Gasteiger partial charge is 0.264 e. The predicted octanol–water partition coefficient (Wildman–Crippen LogP) is 5.26. The van der Waals surface area contributed by atoms with E-state index in [0.29, 0.717) is 40.2 Å². The summed E-state index contributed by atoms with van der Waals surface area (Å²) in [5.41, 5.74) is 2.58. The van der Waals surface area contributed by atoms with Crippen LogP contribution in [0.3, 0.4) is 0 Å². The molecule has 0 amide bonds. The Bertz CT molecular complexity index is 1190. The number of nitrogens with zero attached hydrogens (tertiary/aromatic N) is 5. The highest BCUT2D eigenvalue weighted by atomic mass is 19.3. The Labute approximate surface area is 164 Å². The molecule has 29 heavy (non-hydrogen) atoms. The molecule has 1 fully saturated rings. The first-order valence-corrected chi connectivity index (χ1v) is 9.55. The molecule has 1 aliphatic carbocycles. The molecule has 5 rings (SSSR count). The van der Waals surface area contributed by atoms with Crippen LogP contribution in [-0.4, -0.2) is 24.5 Å². The SMILES string of the molecule is CCn1cc(-c2cc(C(F)F)c3c(C4CC4)nn(-c4ccc(F)cc4)c3n2)cn1. The average molecular weight is 397 g/mol. The Kier molecular flexibility index (Phi) is 4.15. The molecule has 0 radical (unpaired) electrons. The Balaban J connectivity index is 1.79. The number of halogens is 3. The zero-order chi connectivity index (χ0) is 20.1. The summed E-state index contributed by atoms with van der Waals surface area (Å²) in [5.74, 6) is -0.214. The van der Waals surface area contributed by atoms with E-state index in [9.17, 15) is 13.2 Å². The highest BCUT2D eigenvalue weighted by Crippen LogP contribution is 2.45. The lowest BCUT2D eigenvalue weighted by atomic mass is 10.1. The zero-order valence-electron chi connectivity index (χ0n) is 15.7. The summed E-state index contributed by atoms with van der Waals surface area (Å²) in [6.07, 6.45) is 2.58. The standard InChI is InChI=1S/C21H18F3N5/c1-2-28-11-13(10-25-28)17-9-16(20(23)24)18-19(12-3-4-12)27-29(21(18)26-17)15-7-5-14(22)6-8-15/h5-12,20H,2-4H2,1H3. The summed E-state index contributed by atoms with van der Waals surface area (Å²) in [6, 6.07) is 7.23. The topological polar surface area (TPSA) is 48.5 Å². The van der Waals surface area contributed by atoms with Crippen LogP contribution in [-0.2, 0) is 6.54 Å². The van der Waals surface area contributed by atoms with E-state index in [1.165, 1.54) is 18.2 Å². The van der Waals surface area contributed by atoms with Gasteiger partial charge in [0.1, 0.15) is 5.82 Å². The average Bonchev–Trinajstić information content (AvgIpc) is 3.32. The van der Waals surface area contributed by atoms with Gasteiger partial charge < -0.3 is 0 Å². The lowest BCUT2D eigenvalue weighted by Gasteiger charge is -2.08. The lowest BCUT2D eigenvalue weighted by molar-refractivity contribution is 0.153. The number of rotatable bonds is 5. The predicted molar refractivity (Wildman–Crippen MR) is 103 cm³/mol. The number of aromatic nitrogens is 5. The van der Waals surface area contributed by atoms with E-state index in [1.54, 1.807) is 33.9 Å². The van der Waals surface area contributed by atoms with Crippen molar-refractivity contribution in [2.45, 2.75) is 38.7 Å². The maximum atomic E-state index is 14.1. The second kappa shape index (κ2) is 6.72. The van der Waals surface area contributed by atoms with Gasteiger partial charge in [0.25, 0.3) is 6.43 Å². The molecule has 4 aromatic rings. The number of pyridine rings is 1. The Hall–Kier alpha value is -3.16. The van der Waals surface area contributed by atoms with Crippen LogP contribution < -0.4 is 0 Å². The van der Waals surface area contributed by atoms with Crippen LogP contribution in [0.25, 0.3) is 28.0 Å². The summed E-state index contributed by atoms with van der Waals surface area (Å²) in [7, 11) is 0. The molecule has 8 heteroatoms. The molecule has 0 bridgehead atoms. The van der Waals surface area contributed by atoms with Gasteiger partial charge in [-0.25, -0.2) is 22.8 Å². The van der Waals surface area contributed by atoms with Gasteiger partial charge in [-0.05, 0) is 50.1 Å². The molecule has 0 unspecified atom stereocenters. The molecule has 1 aromatic carbocycles. The van der Waals surface area contributed by atoms with E-state index in [-0.39, 0.29) is 17.3 Å². The van der Waals surface area contributed by atoms with Gasteiger partial charge in [-0.2, -0.15) is 10.2 Å². The van der Waals surface area contributed by atoms with Gasteiger partial charge in [0.05, 0.1) is 28.7 Å². The molecular formula is C21H18F3N5. The molecule has 0 saturated heterocycles. The van der Waals surface area contributed by atoms with Crippen molar-refractivity contribution in [1.82, 2.24) is 24.5 Å². The summed E-state index contributed by atoms with van der Waals surface area (Å²) >= 11 is 0. The molecule has 3 aromatic heterocycles. The molecule has 0 spiro atoms. The Morgan fingerprint density at radius 2 is 1.93 bits per heavy atom. The minimum Gasteiger partial charge on any atom is -0.272 e. The fourth-order valence-corrected chi connectivity index (χ4v) is 3.57. The normalized spacial score (nSPS) is 14.2. The fourth-order valence-electron chi connectivity index (χ4n) is 3.57. The first-order valence-electron chi connectivity index (χ1n) is 9.55. The van der Waals surface area contributed by atoms with E-state index in [0.717, 1.165) is 12.8 Å². The second-order valence-corrected chi connectivity index (χ2v) is 7.23. The van der Waals surface area contributed by atoms with Crippen molar-refractivity contribution >= 4 is 11.0 Å². The molecule has 148 valence electrons. The lowest BCUT2D eigenvalue weighted by Crippen LogP contribution is -2.00. The van der Waals surface area contributed by atoms with E-state index in [1.807, 2.05) is 6.92 Å². The quantitative estimate of drug-likeness (QED) is 0.462. The highest BCUT2D eigenvalue weighted by Gasteiger charge is 2.33. The second-order valence-electron chi connectivity index (χ2n) is 7.23. The number of hydrogen-bond acceptors (Lipinski definition) is 3. The van der Waals surface area contributed by atoms with Crippen molar-refractivity contribution in [3.8, 4) is 16.9 Å². The molecule has 3 heterocycles. The van der Waals surface area contributed by atoms with Gasteiger partial charge in [-0.1, -0.05) is 0 Å². The highest BCUT2D eigenvalue weighted by molar-refractivity contribution is 5.87. The van der Waals surface area contributed by atoms with E-state index in [2.05, 4.69) is 15.2 Å². The summed E-state index contributed by atoms with van der Waals surface area (Å²) in [4.78, 5) is 4.69.